The molecule has 0 unspecified atom stereocenters. The molecule has 2 aromatic carbocycles. The molecule has 2 N–H and O–H groups in total. The van der Waals surface area contributed by atoms with E-state index in [-0.39, 0.29) is 24.0 Å². The molecule has 166 valence electrons. The highest BCUT2D eigenvalue weighted by atomic mass is 127. The number of oxazole rings is 1. The first-order valence-electron chi connectivity index (χ1n) is 9.85. The monoisotopic (exact) mass is 536 g/mol. The van der Waals surface area contributed by atoms with Crippen molar-refractivity contribution in [3.05, 3.63) is 71.6 Å². The van der Waals surface area contributed by atoms with E-state index < -0.39 is 0 Å². The zero-order valence-electron chi connectivity index (χ0n) is 18.1. The number of ether oxygens (including phenoxy) is 2. The van der Waals surface area contributed by atoms with Gasteiger partial charge in [-0.05, 0) is 25.1 Å². The van der Waals surface area contributed by atoms with Gasteiger partial charge in [0.1, 0.15) is 12.0 Å². The maximum Gasteiger partial charge on any atom is 0.226 e. The predicted molar refractivity (Wildman–Crippen MR) is 133 cm³/mol. The summed E-state index contributed by atoms with van der Waals surface area (Å²) in [6.07, 6.45) is 1.66. The van der Waals surface area contributed by atoms with Crippen LogP contribution in [0.3, 0.4) is 0 Å². The number of methoxy groups -OCH3 is 1. The van der Waals surface area contributed by atoms with Gasteiger partial charge in [-0.1, -0.05) is 35.9 Å². The van der Waals surface area contributed by atoms with Crippen molar-refractivity contribution >= 4 is 29.9 Å². The second-order valence-corrected chi connectivity index (χ2v) is 6.73. The summed E-state index contributed by atoms with van der Waals surface area (Å²) in [5.74, 6) is 2.12. The molecule has 31 heavy (non-hydrogen) atoms. The van der Waals surface area contributed by atoms with E-state index in [2.05, 4.69) is 27.5 Å². The van der Waals surface area contributed by atoms with Gasteiger partial charge >= 0.3 is 0 Å². The fourth-order valence-electron chi connectivity index (χ4n) is 2.86. The van der Waals surface area contributed by atoms with Crippen molar-refractivity contribution in [2.45, 2.75) is 20.1 Å². The Hall–Kier alpha value is -2.59. The summed E-state index contributed by atoms with van der Waals surface area (Å²) in [6.45, 7) is 4.23. The average Bonchev–Trinajstić information content (AvgIpc) is 3.25. The quantitative estimate of drug-likeness (QED) is 0.185. The fourth-order valence-corrected chi connectivity index (χ4v) is 2.86. The molecule has 0 spiro atoms. The summed E-state index contributed by atoms with van der Waals surface area (Å²) in [6, 6.07) is 15.9. The minimum atomic E-state index is 0. The Kier molecular flexibility index (Phi) is 10.3. The van der Waals surface area contributed by atoms with Crippen molar-refractivity contribution in [1.82, 2.24) is 15.6 Å². The summed E-state index contributed by atoms with van der Waals surface area (Å²) in [5, 5.41) is 6.45. The third-order valence-electron chi connectivity index (χ3n) is 4.50. The van der Waals surface area contributed by atoms with Crippen LogP contribution in [0, 0.1) is 6.92 Å². The van der Waals surface area contributed by atoms with Gasteiger partial charge in [0.15, 0.2) is 5.96 Å². The first-order chi connectivity index (χ1) is 14.7. The molecule has 8 heteroatoms. The molecule has 0 radical (unpaired) electrons. The van der Waals surface area contributed by atoms with E-state index in [0.717, 1.165) is 22.6 Å². The van der Waals surface area contributed by atoms with Crippen molar-refractivity contribution in [3.63, 3.8) is 0 Å². The number of hydrogen-bond donors (Lipinski definition) is 2. The standard InChI is InChI=1S/C23H28N4O3.HI/c1-17-8-10-18(11-9-17)22-27-20(16-30-22)14-26-23(24-2)25-12-13-29-15-19-6-4-5-7-21(19)28-3;/h4-11,16H,12-15H2,1-3H3,(H2,24,25,26);1H. The minimum absolute atomic E-state index is 0. The molecule has 0 bridgehead atoms. The fraction of sp³-hybridized carbons (Fsp3) is 0.304. The molecule has 0 atom stereocenters. The van der Waals surface area contributed by atoms with E-state index in [4.69, 9.17) is 13.9 Å². The Labute approximate surface area is 200 Å². The Bertz CT molecular complexity index is 957. The molecule has 1 heterocycles. The van der Waals surface area contributed by atoms with Gasteiger partial charge < -0.3 is 24.5 Å². The van der Waals surface area contributed by atoms with Gasteiger partial charge in [-0.3, -0.25) is 4.99 Å². The van der Waals surface area contributed by atoms with Gasteiger partial charge in [-0.25, -0.2) is 4.98 Å². The SMILES string of the molecule is CN=C(NCCOCc1ccccc1OC)NCc1coc(-c2ccc(C)cc2)n1.I. The van der Waals surface area contributed by atoms with E-state index in [9.17, 15) is 0 Å². The summed E-state index contributed by atoms with van der Waals surface area (Å²) >= 11 is 0. The molecule has 3 rings (SSSR count). The lowest BCUT2D eigenvalue weighted by atomic mass is 10.1. The Morgan fingerprint density at radius 3 is 2.61 bits per heavy atom. The molecule has 0 aliphatic heterocycles. The molecule has 0 aliphatic carbocycles. The van der Waals surface area contributed by atoms with Gasteiger partial charge in [0.05, 0.1) is 32.6 Å². The van der Waals surface area contributed by atoms with Gasteiger partial charge in [-0.2, -0.15) is 0 Å². The number of nitrogens with one attached hydrogen (secondary N) is 2. The van der Waals surface area contributed by atoms with Crippen molar-refractivity contribution < 1.29 is 13.9 Å². The average molecular weight is 536 g/mol. The van der Waals surface area contributed by atoms with Crippen LogP contribution < -0.4 is 15.4 Å². The van der Waals surface area contributed by atoms with Crippen molar-refractivity contribution in [2.75, 3.05) is 27.3 Å². The maximum absolute atomic E-state index is 5.73. The van der Waals surface area contributed by atoms with Crippen LogP contribution in [0.2, 0.25) is 0 Å². The molecule has 0 aliphatic rings. The van der Waals surface area contributed by atoms with E-state index in [0.29, 0.717) is 38.2 Å². The van der Waals surface area contributed by atoms with Gasteiger partial charge in [-0.15, -0.1) is 24.0 Å². The molecule has 0 fully saturated rings. The normalized spacial score (nSPS) is 11.0. The van der Waals surface area contributed by atoms with Crippen molar-refractivity contribution in [3.8, 4) is 17.2 Å². The van der Waals surface area contributed by atoms with E-state index in [1.54, 1.807) is 20.4 Å². The number of para-hydroxylation sites is 1. The number of benzene rings is 2. The maximum atomic E-state index is 5.73. The number of aliphatic imine (C=N–C) groups is 1. The van der Waals surface area contributed by atoms with Crippen LogP contribution in [0.1, 0.15) is 16.8 Å². The highest BCUT2D eigenvalue weighted by Gasteiger charge is 2.07. The third kappa shape index (κ3) is 7.55. The molecule has 0 saturated heterocycles. The number of rotatable bonds is 9. The second-order valence-electron chi connectivity index (χ2n) is 6.73. The van der Waals surface area contributed by atoms with Crippen molar-refractivity contribution in [2.24, 2.45) is 4.99 Å². The number of aromatic nitrogens is 1. The molecular weight excluding hydrogens is 507 g/mol. The van der Waals surface area contributed by atoms with Crippen LogP contribution in [-0.4, -0.2) is 38.3 Å². The molecule has 1 aromatic heterocycles. The highest BCUT2D eigenvalue weighted by Crippen LogP contribution is 2.19. The molecule has 7 nitrogen and oxygen atoms in total. The Morgan fingerprint density at radius 1 is 1.10 bits per heavy atom. The molecule has 0 saturated carbocycles. The number of hydrogen-bond acceptors (Lipinski definition) is 5. The summed E-state index contributed by atoms with van der Waals surface area (Å²) in [4.78, 5) is 8.75. The Balaban J connectivity index is 0.00000341. The van der Waals surface area contributed by atoms with E-state index in [1.165, 1.54) is 5.56 Å². The van der Waals surface area contributed by atoms with E-state index >= 15 is 0 Å². The lowest BCUT2D eigenvalue weighted by Crippen LogP contribution is -2.38. The smallest absolute Gasteiger partial charge is 0.226 e. The molecular formula is C23H29IN4O3. The van der Waals surface area contributed by atoms with Gasteiger partial charge in [0.2, 0.25) is 5.89 Å². The predicted octanol–water partition coefficient (Wildman–Crippen LogP) is 4.16. The van der Waals surface area contributed by atoms with Crippen LogP contribution in [0.4, 0.5) is 0 Å². The molecule has 3 aromatic rings. The highest BCUT2D eigenvalue weighted by molar-refractivity contribution is 14.0. The number of guanidine groups is 1. The van der Waals surface area contributed by atoms with Crippen LogP contribution in [0.5, 0.6) is 5.75 Å². The lowest BCUT2D eigenvalue weighted by molar-refractivity contribution is 0.123. The van der Waals surface area contributed by atoms with Gasteiger partial charge in [0.25, 0.3) is 0 Å². The van der Waals surface area contributed by atoms with E-state index in [1.807, 2.05) is 48.5 Å². The van der Waals surface area contributed by atoms with Crippen molar-refractivity contribution in [1.29, 1.82) is 0 Å². The number of aryl methyl sites for hydroxylation is 1. The molecule has 0 amide bonds. The second kappa shape index (κ2) is 13.0. The van der Waals surface area contributed by atoms with Crippen LogP contribution in [-0.2, 0) is 17.9 Å². The lowest BCUT2D eigenvalue weighted by Gasteiger charge is -2.12. The number of halogens is 1. The van der Waals surface area contributed by atoms with Crippen LogP contribution >= 0.6 is 24.0 Å². The number of nitrogens with zero attached hydrogens (tertiary/aromatic N) is 2. The van der Waals surface area contributed by atoms with Crippen LogP contribution in [0.25, 0.3) is 11.5 Å². The topological polar surface area (TPSA) is 80.9 Å². The van der Waals surface area contributed by atoms with Crippen LogP contribution in [0.15, 0.2) is 64.2 Å². The summed E-state index contributed by atoms with van der Waals surface area (Å²) in [5.41, 5.74) is 3.99. The first-order valence-corrected chi connectivity index (χ1v) is 9.85. The first kappa shape index (κ1) is 24.7. The third-order valence-corrected chi connectivity index (χ3v) is 4.50. The zero-order chi connectivity index (χ0) is 21.2. The largest absolute Gasteiger partial charge is 0.496 e. The zero-order valence-corrected chi connectivity index (χ0v) is 20.4. The Morgan fingerprint density at radius 2 is 1.87 bits per heavy atom. The summed E-state index contributed by atoms with van der Waals surface area (Å²) in [7, 11) is 3.39. The summed E-state index contributed by atoms with van der Waals surface area (Å²) < 4.78 is 16.6. The van der Waals surface area contributed by atoms with Gasteiger partial charge in [0, 0.05) is 24.7 Å². The minimum Gasteiger partial charge on any atom is -0.496 e.